The van der Waals surface area contributed by atoms with Gasteiger partial charge in [0.15, 0.2) is 5.78 Å². The second-order valence-corrected chi connectivity index (χ2v) is 9.01. The molecule has 2 heterocycles. The molecule has 6 heteroatoms. The number of thioether (sulfide) groups is 1. The zero-order chi connectivity index (χ0) is 20.2. The number of carbonyl (C=O) groups excluding carboxylic acids is 2. The molecular formula is C23H22N2O2S2. The van der Waals surface area contributed by atoms with E-state index < -0.39 is 0 Å². The van der Waals surface area contributed by atoms with Crippen molar-refractivity contribution in [3.8, 4) is 11.1 Å². The van der Waals surface area contributed by atoms with Gasteiger partial charge < -0.3 is 4.90 Å². The van der Waals surface area contributed by atoms with E-state index in [-0.39, 0.29) is 17.6 Å². The summed E-state index contributed by atoms with van der Waals surface area (Å²) >= 11 is 3.02. The van der Waals surface area contributed by atoms with Crippen molar-refractivity contribution in [1.82, 2.24) is 9.88 Å². The van der Waals surface area contributed by atoms with Gasteiger partial charge in [-0.25, -0.2) is 4.98 Å². The Morgan fingerprint density at radius 3 is 2.48 bits per heavy atom. The Morgan fingerprint density at radius 2 is 1.79 bits per heavy atom. The van der Waals surface area contributed by atoms with Crippen LogP contribution in [-0.4, -0.2) is 40.9 Å². The van der Waals surface area contributed by atoms with Crippen LogP contribution in [-0.2, 0) is 0 Å². The number of aromatic nitrogens is 1. The zero-order valence-electron chi connectivity index (χ0n) is 16.2. The first-order chi connectivity index (χ1) is 14.2. The molecule has 0 aliphatic carbocycles. The molecule has 0 spiro atoms. The van der Waals surface area contributed by atoms with E-state index in [4.69, 9.17) is 0 Å². The maximum atomic E-state index is 13.0. The highest BCUT2D eigenvalue weighted by Gasteiger charge is 2.30. The number of carbonyl (C=O) groups is 2. The van der Waals surface area contributed by atoms with Gasteiger partial charge in [0.2, 0.25) is 0 Å². The van der Waals surface area contributed by atoms with Gasteiger partial charge in [0, 0.05) is 30.0 Å². The van der Waals surface area contributed by atoms with Crippen LogP contribution in [0.3, 0.4) is 0 Å². The molecule has 1 aliphatic rings. The number of Topliss-reactive ketones (excluding diaryl/α,β-unsaturated/α-hetero) is 1. The van der Waals surface area contributed by atoms with Gasteiger partial charge in [-0.15, -0.1) is 11.3 Å². The van der Waals surface area contributed by atoms with Crippen molar-refractivity contribution in [2.75, 3.05) is 19.3 Å². The number of rotatable bonds is 5. The molecule has 1 aliphatic heterocycles. The highest BCUT2D eigenvalue weighted by Crippen LogP contribution is 2.26. The van der Waals surface area contributed by atoms with Crippen LogP contribution in [0.5, 0.6) is 0 Å². The predicted molar refractivity (Wildman–Crippen MR) is 119 cm³/mol. The van der Waals surface area contributed by atoms with Crippen molar-refractivity contribution < 1.29 is 9.59 Å². The van der Waals surface area contributed by atoms with Crippen LogP contribution in [0.2, 0.25) is 0 Å². The third kappa shape index (κ3) is 4.43. The molecule has 2 aromatic carbocycles. The smallest absolute Gasteiger partial charge is 0.273 e. The second kappa shape index (κ2) is 8.93. The van der Waals surface area contributed by atoms with Crippen molar-refractivity contribution >= 4 is 34.8 Å². The van der Waals surface area contributed by atoms with Crippen molar-refractivity contribution in [1.29, 1.82) is 0 Å². The van der Waals surface area contributed by atoms with E-state index in [1.54, 1.807) is 4.90 Å². The maximum Gasteiger partial charge on any atom is 0.273 e. The van der Waals surface area contributed by atoms with Crippen molar-refractivity contribution in [3.63, 3.8) is 0 Å². The standard InChI is InChI=1S/C23H22N2O2S2/c1-28-23-24-20(15-29-23)22(27)25-13-5-8-19(14-25)21(26)18-11-9-17(10-12-18)16-6-3-2-4-7-16/h2-4,6-7,9-12,15,19H,5,8,13-14H2,1H3. The van der Waals surface area contributed by atoms with Gasteiger partial charge in [0.1, 0.15) is 10.0 Å². The van der Waals surface area contributed by atoms with Gasteiger partial charge in [-0.2, -0.15) is 0 Å². The molecule has 0 saturated carbocycles. The number of ketones is 1. The summed E-state index contributed by atoms with van der Waals surface area (Å²) in [6.45, 7) is 1.14. The van der Waals surface area contributed by atoms with E-state index in [1.165, 1.54) is 23.1 Å². The van der Waals surface area contributed by atoms with Crippen LogP contribution < -0.4 is 0 Å². The number of piperidine rings is 1. The number of hydrogen-bond donors (Lipinski definition) is 0. The van der Waals surface area contributed by atoms with Gasteiger partial charge in [-0.05, 0) is 30.2 Å². The molecule has 1 saturated heterocycles. The van der Waals surface area contributed by atoms with Crippen LogP contribution in [0.1, 0.15) is 33.7 Å². The average molecular weight is 423 g/mol. The third-order valence-electron chi connectivity index (χ3n) is 5.23. The monoisotopic (exact) mass is 422 g/mol. The molecule has 1 atom stereocenters. The largest absolute Gasteiger partial charge is 0.337 e. The molecule has 4 nitrogen and oxygen atoms in total. The minimum atomic E-state index is -0.158. The Morgan fingerprint density at radius 1 is 1.07 bits per heavy atom. The van der Waals surface area contributed by atoms with E-state index in [2.05, 4.69) is 17.1 Å². The van der Waals surface area contributed by atoms with Crippen LogP contribution in [0, 0.1) is 5.92 Å². The lowest BCUT2D eigenvalue weighted by Crippen LogP contribution is -2.42. The molecule has 0 radical (unpaired) electrons. The Bertz CT molecular complexity index is 999. The van der Waals surface area contributed by atoms with Crippen LogP contribution >= 0.6 is 23.1 Å². The first-order valence-electron chi connectivity index (χ1n) is 9.64. The summed E-state index contributed by atoms with van der Waals surface area (Å²) in [5.74, 6) is -0.113. The molecule has 0 N–H and O–H groups in total. The third-order valence-corrected chi connectivity index (χ3v) is 7.10. The molecule has 29 heavy (non-hydrogen) atoms. The minimum Gasteiger partial charge on any atom is -0.337 e. The summed E-state index contributed by atoms with van der Waals surface area (Å²) < 4.78 is 0.886. The highest BCUT2D eigenvalue weighted by atomic mass is 32.2. The topological polar surface area (TPSA) is 50.3 Å². The maximum absolute atomic E-state index is 13.0. The first kappa shape index (κ1) is 19.9. The first-order valence-corrected chi connectivity index (χ1v) is 11.7. The number of thiazole rings is 1. The lowest BCUT2D eigenvalue weighted by atomic mass is 9.89. The number of hydrogen-bond acceptors (Lipinski definition) is 5. The summed E-state index contributed by atoms with van der Waals surface area (Å²) in [4.78, 5) is 32.0. The second-order valence-electron chi connectivity index (χ2n) is 7.10. The molecule has 1 unspecified atom stereocenters. The Labute approximate surface area is 179 Å². The Kier molecular flexibility index (Phi) is 6.11. The van der Waals surface area contributed by atoms with E-state index in [1.807, 2.05) is 54.1 Å². The van der Waals surface area contributed by atoms with Crippen molar-refractivity contribution in [2.24, 2.45) is 5.92 Å². The number of amides is 1. The van der Waals surface area contributed by atoms with Crippen LogP contribution in [0.25, 0.3) is 11.1 Å². The minimum absolute atomic E-state index is 0.0709. The SMILES string of the molecule is CSc1nc(C(=O)N2CCCC(C(=O)c3ccc(-c4ccccc4)cc3)C2)cs1. The van der Waals surface area contributed by atoms with E-state index in [0.29, 0.717) is 24.3 Å². The lowest BCUT2D eigenvalue weighted by Gasteiger charge is -2.31. The summed E-state index contributed by atoms with van der Waals surface area (Å²) in [5, 5.41) is 1.81. The molecule has 3 aromatic rings. The molecule has 4 rings (SSSR count). The summed E-state index contributed by atoms with van der Waals surface area (Å²) in [6.07, 6.45) is 3.60. The zero-order valence-corrected chi connectivity index (χ0v) is 17.8. The molecule has 148 valence electrons. The fourth-order valence-corrected chi connectivity index (χ4v) is 4.92. The van der Waals surface area contributed by atoms with Gasteiger partial charge >= 0.3 is 0 Å². The number of nitrogens with zero attached hydrogens (tertiary/aromatic N) is 2. The Balaban J connectivity index is 1.45. The molecule has 1 fully saturated rings. The number of likely N-dealkylation sites (tertiary alicyclic amines) is 1. The van der Waals surface area contributed by atoms with Gasteiger partial charge in [0.05, 0.1) is 0 Å². The quantitative estimate of drug-likeness (QED) is 0.415. The predicted octanol–water partition coefficient (Wildman–Crippen LogP) is 5.27. The fourth-order valence-electron chi connectivity index (χ4n) is 3.68. The normalized spacial score (nSPS) is 16.6. The number of benzene rings is 2. The van der Waals surface area contributed by atoms with Crippen LogP contribution in [0.15, 0.2) is 64.3 Å². The fraction of sp³-hybridized carbons (Fsp3) is 0.261. The van der Waals surface area contributed by atoms with Gasteiger partial charge in [-0.1, -0.05) is 66.4 Å². The van der Waals surface area contributed by atoms with E-state index in [0.717, 1.165) is 28.3 Å². The summed E-state index contributed by atoms with van der Waals surface area (Å²) in [7, 11) is 0. The average Bonchev–Trinajstić information content (AvgIpc) is 3.28. The Hall–Kier alpha value is -2.44. The van der Waals surface area contributed by atoms with E-state index in [9.17, 15) is 9.59 Å². The molecule has 1 aromatic heterocycles. The van der Waals surface area contributed by atoms with Crippen molar-refractivity contribution in [2.45, 2.75) is 17.2 Å². The van der Waals surface area contributed by atoms with Gasteiger partial charge in [0.25, 0.3) is 5.91 Å². The molecule has 1 amide bonds. The summed E-state index contributed by atoms with van der Waals surface area (Å²) in [5.41, 5.74) is 3.42. The van der Waals surface area contributed by atoms with Crippen LogP contribution in [0.4, 0.5) is 0 Å². The molecular weight excluding hydrogens is 400 g/mol. The lowest BCUT2D eigenvalue weighted by molar-refractivity contribution is 0.0632. The van der Waals surface area contributed by atoms with Crippen molar-refractivity contribution in [3.05, 3.63) is 71.2 Å². The highest BCUT2D eigenvalue weighted by molar-refractivity contribution is 8.00. The van der Waals surface area contributed by atoms with Gasteiger partial charge in [-0.3, -0.25) is 9.59 Å². The molecule has 0 bridgehead atoms. The summed E-state index contributed by atoms with van der Waals surface area (Å²) in [6, 6.07) is 17.9. The van der Waals surface area contributed by atoms with E-state index >= 15 is 0 Å².